The van der Waals surface area contributed by atoms with Crippen molar-refractivity contribution in [2.45, 2.75) is 58.4 Å². The number of hydroxylamine groups is 1. The fourth-order valence-corrected chi connectivity index (χ4v) is 1.44. The summed E-state index contributed by atoms with van der Waals surface area (Å²) in [6.45, 7) is 5.67. The molecule has 0 saturated carbocycles. The van der Waals surface area contributed by atoms with Gasteiger partial charge in [-0.25, -0.2) is 0 Å². The highest BCUT2D eigenvalue weighted by Gasteiger charge is 2.00. The second-order valence-corrected chi connectivity index (χ2v) is 4.06. The lowest BCUT2D eigenvalue weighted by molar-refractivity contribution is -0.0104. The van der Waals surface area contributed by atoms with Crippen molar-refractivity contribution >= 4 is 0 Å². The monoisotopic (exact) mass is 217 g/mol. The van der Waals surface area contributed by atoms with Crippen LogP contribution < -0.4 is 5.48 Å². The second-order valence-electron chi connectivity index (χ2n) is 4.06. The molecular weight excluding hydrogens is 190 g/mol. The van der Waals surface area contributed by atoms with Gasteiger partial charge in [0.1, 0.15) is 0 Å². The van der Waals surface area contributed by atoms with Gasteiger partial charge >= 0.3 is 0 Å². The lowest BCUT2D eigenvalue weighted by Gasteiger charge is -2.13. The van der Waals surface area contributed by atoms with Crippen LogP contribution in [0.3, 0.4) is 0 Å². The van der Waals surface area contributed by atoms with Gasteiger partial charge in [-0.05, 0) is 13.3 Å². The maximum Gasteiger partial charge on any atom is 0.0915 e. The maximum absolute atomic E-state index is 5.24. The van der Waals surface area contributed by atoms with Crippen molar-refractivity contribution in [3.8, 4) is 0 Å². The molecular formula is C12H27NO2. The maximum atomic E-state index is 5.24. The second kappa shape index (κ2) is 12.0. The minimum absolute atomic E-state index is 0.448. The summed E-state index contributed by atoms with van der Waals surface area (Å²) in [4.78, 5) is 5.24. The van der Waals surface area contributed by atoms with Crippen LogP contribution >= 0.6 is 0 Å². The molecule has 0 aliphatic rings. The molecule has 0 spiro atoms. The zero-order valence-electron chi connectivity index (χ0n) is 10.6. The molecule has 15 heavy (non-hydrogen) atoms. The standard InChI is InChI=1S/C12H27NO2/c1-4-5-6-7-8-9-12(2)13-15-11-10-14-3/h12-13H,4-11H2,1-3H3. The van der Waals surface area contributed by atoms with Crippen LogP contribution in [0.5, 0.6) is 0 Å². The van der Waals surface area contributed by atoms with E-state index in [9.17, 15) is 0 Å². The molecule has 1 unspecified atom stereocenters. The Kier molecular flexibility index (Phi) is 11.9. The van der Waals surface area contributed by atoms with E-state index >= 15 is 0 Å². The van der Waals surface area contributed by atoms with Crippen LogP contribution in [0.2, 0.25) is 0 Å². The lowest BCUT2D eigenvalue weighted by atomic mass is 10.1. The molecule has 3 nitrogen and oxygen atoms in total. The number of unbranched alkanes of at least 4 members (excludes halogenated alkanes) is 4. The number of hydrogen-bond donors (Lipinski definition) is 1. The van der Waals surface area contributed by atoms with Crippen LogP contribution in [0.25, 0.3) is 0 Å². The van der Waals surface area contributed by atoms with Gasteiger partial charge in [-0.2, -0.15) is 5.48 Å². The highest BCUT2D eigenvalue weighted by Crippen LogP contribution is 2.06. The van der Waals surface area contributed by atoms with E-state index in [0.717, 1.165) is 0 Å². The molecule has 1 N–H and O–H groups in total. The van der Waals surface area contributed by atoms with E-state index in [4.69, 9.17) is 9.57 Å². The summed E-state index contributed by atoms with van der Waals surface area (Å²) in [5.41, 5.74) is 3.03. The highest BCUT2D eigenvalue weighted by atomic mass is 16.7. The van der Waals surface area contributed by atoms with E-state index in [1.807, 2.05) is 0 Å². The highest BCUT2D eigenvalue weighted by molar-refractivity contribution is 4.54. The first-order chi connectivity index (χ1) is 7.31. The summed E-state index contributed by atoms with van der Waals surface area (Å²) in [5.74, 6) is 0. The topological polar surface area (TPSA) is 30.5 Å². The molecule has 0 aliphatic heterocycles. The van der Waals surface area contributed by atoms with Crippen molar-refractivity contribution in [2.75, 3.05) is 20.3 Å². The van der Waals surface area contributed by atoms with Crippen molar-refractivity contribution in [1.82, 2.24) is 5.48 Å². The van der Waals surface area contributed by atoms with Crippen LogP contribution in [-0.4, -0.2) is 26.4 Å². The summed E-state index contributed by atoms with van der Waals surface area (Å²) in [7, 11) is 1.68. The van der Waals surface area contributed by atoms with Crippen molar-refractivity contribution in [3.63, 3.8) is 0 Å². The molecule has 0 saturated heterocycles. The van der Waals surface area contributed by atoms with Crippen LogP contribution in [0.1, 0.15) is 52.4 Å². The Hall–Kier alpha value is -0.120. The molecule has 1 atom stereocenters. The third-order valence-electron chi connectivity index (χ3n) is 2.41. The van der Waals surface area contributed by atoms with Gasteiger partial charge in [0, 0.05) is 13.2 Å². The van der Waals surface area contributed by atoms with Crippen molar-refractivity contribution in [1.29, 1.82) is 0 Å². The fourth-order valence-electron chi connectivity index (χ4n) is 1.44. The van der Waals surface area contributed by atoms with Crippen molar-refractivity contribution < 1.29 is 9.57 Å². The molecule has 0 radical (unpaired) electrons. The minimum atomic E-state index is 0.448. The van der Waals surface area contributed by atoms with Gasteiger partial charge in [-0.3, -0.25) is 4.84 Å². The molecule has 0 fully saturated rings. The predicted octanol–water partition coefficient (Wildman–Crippen LogP) is 2.90. The van der Waals surface area contributed by atoms with Crippen molar-refractivity contribution in [3.05, 3.63) is 0 Å². The molecule has 0 aromatic heterocycles. The molecule has 3 heteroatoms. The predicted molar refractivity (Wildman–Crippen MR) is 63.8 cm³/mol. The van der Waals surface area contributed by atoms with E-state index in [0.29, 0.717) is 19.3 Å². The molecule has 0 heterocycles. The summed E-state index contributed by atoms with van der Waals surface area (Å²) in [6, 6.07) is 0.448. The molecule has 0 bridgehead atoms. The van der Waals surface area contributed by atoms with E-state index < -0.39 is 0 Å². The smallest absolute Gasteiger partial charge is 0.0915 e. The Bertz CT molecular complexity index is 120. The number of rotatable bonds is 11. The van der Waals surface area contributed by atoms with E-state index in [-0.39, 0.29) is 0 Å². The normalized spacial score (nSPS) is 13.0. The van der Waals surface area contributed by atoms with E-state index in [1.165, 1.54) is 38.5 Å². The van der Waals surface area contributed by atoms with Crippen LogP contribution in [0.4, 0.5) is 0 Å². The Morgan fingerprint density at radius 3 is 2.47 bits per heavy atom. The van der Waals surface area contributed by atoms with Gasteiger partial charge < -0.3 is 4.74 Å². The fraction of sp³-hybridized carbons (Fsp3) is 1.00. The molecule has 0 aromatic carbocycles. The number of methoxy groups -OCH3 is 1. The lowest BCUT2D eigenvalue weighted by Crippen LogP contribution is -2.27. The SMILES string of the molecule is CCCCCCCC(C)NOCCOC. The Morgan fingerprint density at radius 1 is 1.07 bits per heavy atom. The van der Waals surface area contributed by atoms with Gasteiger partial charge in [0.15, 0.2) is 0 Å². The molecule has 0 rings (SSSR count). The van der Waals surface area contributed by atoms with Crippen LogP contribution in [-0.2, 0) is 9.57 Å². The van der Waals surface area contributed by atoms with Gasteiger partial charge in [0.2, 0.25) is 0 Å². The average molecular weight is 217 g/mol. The molecule has 0 aromatic rings. The zero-order valence-corrected chi connectivity index (χ0v) is 10.6. The summed E-state index contributed by atoms with van der Waals surface area (Å²) < 4.78 is 4.88. The number of ether oxygens (including phenoxy) is 1. The zero-order chi connectivity index (χ0) is 11.4. The average Bonchev–Trinajstić information content (AvgIpc) is 2.24. The first kappa shape index (κ1) is 14.9. The van der Waals surface area contributed by atoms with Crippen molar-refractivity contribution in [2.24, 2.45) is 0 Å². The Morgan fingerprint density at radius 2 is 1.80 bits per heavy atom. The number of nitrogens with one attached hydrogen (secondary N) is 1. The van der Waals surface area contributed by atoms with Crippen LogP contribution in [0.15, 0.2) is 0 Å². The third-order valence-corrected chi connectivity index (χ3v) is 2.41. The Labute approximate surface area is 94.5 Å². The van der Waals surface area contributed by atoms with Gasteiger partial charge in [0.25, 0.3) is 0 Å². The van der Waals surface area contributed by atoms with Gasteiger partial charge in [0.05, 0.1) is 13.2 Å². The minimum Gasteiger partial charge on any atom is -0.382 e. The van der Waals surface area contributed by atoms with Gasteiger partial charge in [-0.1, -0.05) is 39.0 Å². The van der Waals surface area contributed by atoms with E-state index in [2.05, 4.69) is 19.3 Å². The quantitative estimate of drug-likeness (QED) is 0.426. The van der Waals surface area contributed by atoms with Gasteiger partial charge in [-0.15, -0.1) is 0 Å². The summed E-state index contributed by atoms with van der Waals surface area (Å²) >= 11 is 0. The summed E-state index contributed by atoms with van der Waals surface area (Å²) in [5, 5.41) is 0. The first-order valence-corrected chi connectivity index (χ1v) is 6.17. The molecule has 0 amide bonds. The van der Waals surface area contributed by atoms with E-state index in [1.54, 1.807) is 7.11 Å². The molecule has 0 aliphatic carbocycles. The Balaban J connectivity index is 3.08. The summed E-state index contributed by atoms with van der Waals surface area (Å²) in [6.07, 6.45) is 7.88. The molecule has 92 valence electrons. The largest absolute Gasteiger partial charge is 0.382 e. The number of hydrogen-bond acceptors (Lipinski definition) is 3. The first-order valence-electron chi connectivity index (χ1n) is 6.17. The van der Waals surface area contributed by atoms with Crippen LogP contribution in [0, 0.1) is 0 Å². The third kappa shape index (κ3) is 11.8.